The largest absolute Gasteiger partial charge is 0.462 e. The molecule has 5 heteroatoms. The third-order valence-electron chi connectivity index (χ3n) is 8.80. The number of unbranched alkanes of at least 4 members (excludes halogenated alkanes) is 19. The highest BCUT2D eigenvalue weighted by molar-refractivity contribution is 5.70. The zero-order valence-electron chi connectivity index (χ0n) is 32.6. The number of aliphatic hydroxyl groups excluding tert-OH is 1. The third kappa shape index (κ3) is 38.4. The highest BCUT2D eigenvalue weighted by Crippen LogP contribution is 2.14. The Labute approximate surface area is 309 Å². The van der Waals surface area contributed by atoms with E-state index in [1.54, 1.807) is 0 Å². The molecule has 0 radical (unpaired) electrons. The number of carbonyl (C=O) groups excluding carboxylic acids is 2. The lowest BCUT2D eigenvalue weighted by Crippen LogP contribution is -2.28. The van der Waals surface area contributed by atoms with Crippen LogP contribution in [0.15, 0.2) is 60.8 Å². The fourth-order valence-electron chi connectivity index (χ4n) is 5.66. The number of aliphatic hydroxyl groups is 1. The van der Waals surface area contributed by atoms with E-state index in [2.05, 4.69) is 74.6 Å². The number of hydrogen-bond acceptors (Lipinski definition) is 5. The molecule has 0 aliphatic rings. The molecule has 0 aromatic carbocycles. The molecule has 1 atom stereocenters. The van der Waals surface area contributed by atoms with Gasteiger partial charge >= 0.3 is 11.9 Å². The predicted molar refractivity (Wildman–Crippen MR) is 214 cm³/mol. The second-order valence-electron chi connectivity index (χ2n) is 13.7. The van der Waals surface area contributed by atoms with Crippen molar-refractivity contribution in [1.82, 2.24) is 0 Å². The summed E-state index contributed by atoms with van der Waals surface area (Å²) >= 11 is 0. The molecule has 5 nitrogen and oxygen atoms in total. The molecule has 0 spiro atoms. The predicted octanol–water partition coefficient (Wildman–Crippen LogP) is 13.2. The summed E-state index contributed by atoms with van der Waals surface area (Å²) in [6, 6.07) is 0. The van der Waals surface area contributed by atoms with Gasteiger partial charge in [-0.05, 0) is 77.0 Å². The fraction of sp³-hybridized carbons (Fsp3) is 0.733. The molecule has 288 valence electrons. The summed E-state index contributed by atoms with van der Waals surface area (Å²) in [7, 11) is 0. The molecular formula is C45H78O5. The Balaban J connectivity index is 3.58. The summed E-state index contributed by atoms with van der Waals surface area (Å²) in [6.45, 7) is 3.98. The first-order chi connectivity index (χ1) is 24.6. The smallest absolute Gasteiger partial charge is 0.306 e. The topological polar surface area (TPSA) is 72.8 Å². The Hall–Kier alpha value is -2.40. The van der Waals surface area contributed by atoms with Crippen LogP contribution in [0.1, 0.15) is 194 Å². The van der Waals surface area contributed by atoms with E-state index in [0.717, 1.165) is 64.2 Å². The number of allylic oxidation sites excluding steroid dienone is 10. The van der Waals surface area contributed by atoms with Crippen molar-refractivity contribution in [2.75, 3.05) is 13.2 Å². The van der Waals surface area contributed by atoms with E-state index < -0.39 is 6.10 Å². The van der Waals surface area contributed by atoms with Crippen LogP contribution in [0.3, 0.4) is 0 Å². The molecule has 0 heterocycles. The molecule has 0 aliphatic carbocycles. The lowest BCUT2D eigenvalue weighted by Gasteiger charge is -2.15. The van der Waals surface area contributed by atoms with Crippen LogP contribution in [-0.2, 0) is 19.1 Å². The third-order valence-corrected chi connectivity index (χ3v) is 8.80. The second kappa shape index (κ2) is 41.0. The number of carbonyl (C=O) groups is 2. The van der Waals surface area contributed by atoms with Crippen LogP contribution in [-0.4, -0.2) is 36.4 Å². The molecule has 0 saturated carbocycles. The van der Waals surface area contributed by atoms with Gasteiger partial charge in [-0.25, -0.2) is 0 Å². The van der Waals surface area contributed by atoms with E-state index >= 15 is 0 Å². The molecule has 50 heavy (non-hydrogen) atoms. The van der Waals surface area contributed by atoms with Gasteiger partial charge in [-0.1, -0.05) is 164 Å². The molecule has 0 saturated heterocycles. The van der Waals surface area contributed by atoms with E-state index in [1.165, 1.54) is 103 Å². The van der Waals surface area contributed by atoms with Gasteiger partial charge in [-0.3, -0.25) is 9.59 Å². The van der Waals surface area contributed by atoms with Crippen LogP contribution in [0.2, 0.25) is 0 Å². The van der Waals surface area contributed by atoms with Gasteiger partial charge < -0.3 is 14.6 Å². The van der Waals surface area contributed by atoms with Crippen LogP contribution in [0.5, 0.6) is 0 Å². The van der Waals surface area contributed by atoms with Gasteiger partial charge in [0.15, 0.2) is 6.10 Å². The van der Waals surface area contributed by atoms with Crippen LogP contribution in [0, 0.1) is 0 Å². The van der Waals surface area contributed by atoms with Crippen LogP contribution >= 0.6 is 0 Å². The molecule has 0 aromatic heterocycles. The standard InChI is InChI=1S/C45H78O5/c1-3-5-7-9-11-13-15-17-19-20-21-22-23-24-26-28-30-32-34-36-38-40-45(48)50-43(41-46)42-49-44(47)39-37-35-33-31-29-27-25-18-16-14-12-10-8-6-4-2/h6,8,12,14,17-19,25,29,31,43,46H,3-5,7,9-11,13,15-16,20-24,26-28,30,32-42H2,1-2H3. The first kappa shape index (κ1) is 47.6. The SMILES string of the molecule is CCC=CCC=CCC=CCC=CCCCCC(=O)OCC(CO)OC(=O)CCCCCCCCCCCCCC=CCCCCCCCC. The van der Waals surface area contributed by atoms with Gasteiger partial charge in [0.05, 0.1) is 6.61 Å². The summed E-state index contributed by atoms with van der Waals surface area (Å²) < 4.78 is 10.6. The zero-order chi connectivity index (χ0) is 36.4. The van der Waals surface area contributed by atoms with Crippen LogP contribution < -0.4 is 0 Å². The Morgan fingerprint density at radius 1 is 0.480 bits per heavy atom. The minimum Gasteiger partial charge on any atom is -0.462 e. The maximum atomic E-state index is 12.2. The van der Waals surface area contributed by atoms with Gasteiger partial charge in [0.25, 0.3) is 0 Å². The molecule has 1 unspecified atom stereocenters. The first-order valence-corrected chi connectivity index (χ1v) is 20.8. The maximum absolute atomic E-state index is 12.2. The van der Waals surface area contributed by atoms with Crippen molar-refractivity contribution in [3.63, 3.8) is 0 Å². The van der Waals surface area contributed by atoms with E-state index in [1.807, 2.05) is 0 Å². The molecule has 0 rings (SSSR count). The van der Waals surface area contributed by atoms with Crippen molar-refractivity contribution >= 4 is 11.9 Å². The van der Waals surface area contributed by atoms with Crippen LogP contribution in [0.25, 0.3) is 0 Å². The molecule has 1 N–H and O–H groups in total. The molecular weight excluding hydrogens is 620 g/mol. The number of esters is 2. The van der Waals surface area contributed by atoms with Gasteiger partial charge in [0.1, 0.15) is 6.61 Å². The van der Waals surface area contributed by atoms with Crippen molar-refractivity contribution in [1.29, 1.82) is 0 Å². The van der Waals surface area contributed by atoms with Crippen molar-refractivity contribution < 1.29 is 24.2 Å². The molecule has 0 fully saturated rings. The molecule has 0 bridgehead atoms. The number of rotatable bonds is 37. The van der Waals surface area contributed by atoms with Crippen molar-refractivity contribution in [2.45, 2.75) is 200 Å². The van der Waals surface area contributed by atoms with Gasteiger partial charge in [0.2, 0.25) is 0 Å². The van der Waals surface area contributed by atoms with Crippen LogP contribution in [0.4, 0.5) is 0 Å². The maximum Gasteiger partial charge on any atom is 0.306 e. The highest BCUT2D eigenvalue weighted by Gasteiger charge is 2.16. The van der Waals surface area contributed by atoms with Gasteiger partial charge in [0, 0.05) is 12.8 Å². The quantitative estimate of drug-likeness (QED) is 0.0397. The van der Waals surface area contributed by atoms with Crippen molar-refractivity contribution in [2.24, 2.45) is 0 Å². The minimum absolute atomic E-state index is 0.0890. The molecule has 0 amide bonds. The molecule has 0 aromatic rings. The normalized spacial score (nSPS) is 12.8. The van der Waals surface area contributed by atoms with E-state index in [-0.39, 0.29) is 25.2 Å². The van der Waals surface area contributed by atoms with Crippen molar-refractivity contribution in [3.8, 4) is 0 Å². The summed E-state index contributed by atoms with van der Waals surface area (Å²) in [4.78, 5) is 24.3. The summed E-state index contributed by atoms with van der Waals surface area (Å²) in [5, 5.41) is 9.56. The Morgan fingerprint density at radius 3 is 1.36 bits per heavy atom. The Morgan fingerprint density at radius 2 is 0.860 bits per heavy atom. The first-order valence-electron chi connectivity index (χ1n) is 20.8. The Bertz CT molecular complexity index is 884. The van der Waals surface area contributed by atoms with E-state index in [0.29, 0.717) is 12.8 Å². The fourth-order valence-corrected chi connectivity index (χ4v) is 5.66. The number of hydrogen-bond donors (Lipinski definition) is 1. The number of ether oxygens (including phenoxy) is 2. The molecule has 0 aliphatic heterocycles. The van der Waals surface area contributed by atoms with Gasteiger partial charge in [-0.15, -0.1) is 0 Å². The zero-order valence-corrected chi connectivity index (χ0v) is 32.6. The summed E-state index contributed by atoms with van der Waals surface area (Å²) in [5.41, 5.74) is 0. The lowest BCUT2D eigenvalue weighted by atomic mass is 10.0. The monoisotopic (exact) mass is 699 g/mol. The second-order valence-corrected chi connectivity index (χ2v) is 13.7. The minimum atomic E-state index is -0.790. The average molecular weight is 699 g/mol. The van der Waals surface area contributed by atoms with Gasteiger partial charge in [-0.2, -0.15) is 0 Å². The van der Waals surface area contributed by atoms with E-state index in [4.69, 9.17) is 9.47 Å². The average Bonchev–Trinajstić information content (AvgIpc) is 3.12. The lowest BCUT2D eigenvalue weighted by molar-refractivity contribution is -0.161. The van der Waals surface area contributed by atoms with E-state index in [9.17, 15) is 14.7 Å². The van der Waals surface area contributed by atoms with Crippen molar-refractivity contribution in [3.05, 3.63) is 60.8 Å². The summed E-state index contributed by atoms with van der Waals surface area (Å²) in [5.74, 6) is -0.641. The Kier molecular flexibility index (Phi) is 39.1. The summed E-state index contributed by atoms with van der Waals surface area (Å²) in [6.07, 6.45) is 52.9. The highest BCUT2D eigenvalue weighted by atomic mass is 16.6.